The summed E-state index contributed by atoms with van der Waals surface area (Å²) in [5.74, 6) is -1.17. The summed E-state index contributed by atoms with van der Waals surface area (Å²) >= 11 is 3.24. The van der Waals surface area contributed by atoms with Crippen LogP contribution in [0, 0.1) is 10.1 Å². The Kier molecular flexibility index (Phi) is 6.34. The minimum atomic E-state index is -4.51. The smallest absolute Gasteiger partial charge is 0.334 e. The molecule has 1 amide bonds. The van der Waals surface area contributed by atoms with Crippen molar-refractivity contribution < 1.29 is 22.9 Å². The molecule has 0 aliphatic heterocycles. The van der Waals surface area contributed by atoms with Gasteiger partial charge in [0, 0.05) is 15.7 Å². The van der Waals surface area contributed by atoms with Crippen LogP contribution >= 0.6 is 15.9 Å². The number of anilines is 3. The molecular formula is C18H12BrF3N6O3. The first-order valence-electron chi connectivity index (χ1n) is 8.41. The minimum absolute atomic E-state index is 0.139. The summed E-state index contributed by atoms with van der Waals surface area (Å²) in [5, 5.41) is 14.1. The van der Waals surface area contributed by atoms with Crippen molar-refractivity contribution in [1.29, 1.82) is 0 Å². The zero-order chi connectivity index (χ0) is 22.6. The number of aromatic nitrogens is 2. The molecule has 3 aromatic rings. The molecule has 3 N–H and O–H groups in total. The summed E-state index contributed by atoms with van der Waals surface area (Å²) in [5.41, 5.74) is 3.61. The van der Waals surface area contributed by atoms with E-state index in [2.05, 4.69) is 42.1 Å². The second-order valence-electron chi connectivity index (χ2n) is 5.96. The highest BCUT2D eigenvalue weighted by atomic mass is 79.9. The topological polar surface area (TPSA) is 122 Å². The molecule has 1 heterocycles. The predicted molar refractivity (Wildman–Crippen MR) is 109 cm³/mol. The van der Waals surface area contributed by atoms with Crippen molar-refractivity contribution in [2.75, 3.05) is 10.7 Å². The molecule has 160 valence electrons. The van der Waals surface area contributed by atoms with Gasteiger partial charge in [-0.25, -0.2) is 9.97 Å². The normalized spacial score (nSPS) is 11.0. The highest BCUT2D eigenvalue weighted by molar-refractivity contribution is 9.10. The second kappa shape index (κ2) is 8.95. The molecule has 0 radical (unpaired) electrons. The number of halogens is 4. The van der Waals surface area contributed by atoms with E-state index in [1.807, 2.05) is 0 Å². The number of nitrogens with zero attached hydrogens (tertiary/aromatic N) is 3. The zero-order valence-electron chi connectivity index (χ0n) is 15.3. The molecule has 0 aliphatic rings. The van der Waals surface area contributed by atoms with Crippen molar-refractivity contribution in [3.8, 4) is 0 Å². The molecule has 3 rings (SSSR count). The monoisotopic (exact) mass is 496 g/mol. The van der Waals surface area contributed by atoms with Crippen LogP contribution in [0.1, 0.15) is 15.9 Å². The van der Waals surface area contributed by atoms with Gasteiger partial charge in [0.25, 0.3) is 5.91 Å². The molecule has 0 saturated heterocycles. The van der Waals surface area contributed by atoms with Gasteiger partial charge in [0.05, 0.1) is 10.5 Å². The van der Waals surface area contributed by atoms with Gasteiger partial charge >= 0.3 is 11.9 Å². The number of amides is 1. The first-order chi connectivity index (χ1) is 14.6. The molecule has 2 aromatic carbocycles. The van der Waals surface area contributed by atoms with Gasteiger partial charge in [-0.1, -0.05) is 15.9 Å². The van der Waals surface area contributed by atoms with E-state index in [4.69, 9.17) is 0 Å². The molecule has 0 aliphatic carbocycles. The Morgan fingerprint density at radius 3 is 2.19 bits per heavy atom. The molecule has 0 saturated carbocycles. The average molecular weight is 497 g/mol. The van der Waals surface area contributed by atoms with Crippen LogP contribution in [0.3, 0.4) is 0 Å². The number of hydrazine groups is 1. The molecule has 0 unspecified atom stereocenters. The van der Waals surface area contributed by atoms with Crippen molar-refractivity contribution in [2.45, 2.75) is 6.18 Å². The first-order valence-corrected chi connectivity index (χ1v) is 9.20. The lowest BCUT2D eigenvalue weighted by molar-refractivity contribution is -0.383. The van der Waals surface area contributed by atoms with E-state index in [-0.39, 0.29) is 22.9 Å². The summed E-state index contributed by atoms with van der Waals surface area (Å²) in [6.07, 6.45) is -3.52. The van der Waals surface area contributed by atoms with Crippen LogP contribution in [-0.4, -0.2) is 20.8 Å². The minimum Gasteiger partial charge on any atom is -0.334 e. The lowest BCUT2D eigenvalue weighted by atomic mass is 10.2. The maximum absolute atomic E-state index is 12.7. The van der Waals surface area contributed by atoms with E-state index in [0.29, 0.717) is 0 Å². The number of alkyl halides is 3. The lowest BCUT2D eigenvalue weighted by Crippen LogP contribution is -2.30. The summed E-state index contributed by atoms with van der Waals surface area (Å²) in [6.45, 7) is 0. The van der Waals surface area contributed by atoms with Crippen LogP contribution in [0.25, 0.3) is 0 Å². The number of carbonyl (C=O) groups is 1. The van der Waals surface area contributed by atoms with E-state index >= 15 is 0 Å². The molecule has 9 nitrogen and oxygen atoms in total. The van der Waals surface area contributed by atoms with E-state index in [0.717, 1.165) is 35.1 Å². The van der Waals surface area contributed by atoms with E-state index in [1.165, 1.54) is 12.1 Å². The van der Waals surface area contributed by atoms with Crippen molar-refractivity contribution in [3.05, 3.63) is 80.6 Å². The van der Waals surface area contributed by atoms with Gasteiger partial charge in [-0.05, 0) is 48.5 Å². The fourth-order valence-electron chi connectivity index (χ4n) is 2.40. The number of benzene rings is 2. The summed E-state index contributed by atoms with van der Waals surface area (Å²) < 4.78 is 38.8. The van der Waals surface area contributed by atoms with Crippen molar-refractivity contribution in [1.82, 2.24) is 15.4 Å². The van der Waals surface area contributed by atoms with Crippen molar-refractivity contribution in [3.63, 3.8) is 0 Å². The van der Waals surface area contributed by atoms with E-state index in [9.17, 15) is 28.1 Å². The van der Waals surface area contributed by atoms with Gasteiger partial charge in [-0.2, -0.15) is 13.2 Å². The largest absolute Gasteiger partial charge is 0.416 e. The number of hydrogen-bond acceptors (Lipinski definition) is 7. The Balaban J connectivity index is 1.80. The Hall–Kier alpha value is -3.74. The maximum atomic E-state index is 12.7. The Bertz CT molecular complexity index is 1110. The number of carbonyl (C=O) groups excluding carboxylic acids is 1. The van der Waals surface area contributed by atoms with Gasteiger partial charge in [0.2, 0.25) is 11.6 Å². The Labute approximate surface area is 181 Å². The molecule has 31 heavy (non-hydrogen) atoms. The SMILES string of the molecule is O=C(NNc1ncnc(Nc2ccc(C(F)(F)F)cc2)c1[N+](=O)[O-])c1ccc(Br)cc1. The lowest BCUT2D eigenvalue weighted by Gasteiger charge is -2.12. The highest BCUT2D eigenvalue weighted by Gasteiger charge is 2.30. The molecule has 1 aromatic heterocycles. The Morgan fingerprint density at radius 2 is 1.61 bits per heavy atom. The quantitative estimate of drug-likeness (QED) is 0.334. The first kappa shape index (κ1) is 22.0. The van der Waals surface area contributed by atoms with Gasteiger partial charge < -0.3 is 5.32 Å². The van der Waals surface area contributed by atoms with Crippen LogP contribution in [0.15, 0.2) is 59.3 Å². The molecule has 0 bridgehead atoms. The summed E-state index contributed by atoms with van der Waals surface area (Å²) in [6, 6.07) is 10.2. The third-order valence-corrected chi connectivity index (χ3v) is 4.41. The van der Waals surface area contributed by atoms with E-state index < -0.39 is 28.3 Å². The standard InChI is InChI=1S/C18H12BrF3N6O3/c19-12-5-1-10(2-6-12)17(29)27-26-16-14(28(30)31)15(23-9-24-16)25-13-7-3-11(4-8-13)18(20,21)22/h1-9H,(H,27,29)(H2,23,24,25,26). The molecule has 13 heteroatoms. The number of nitrogens with one attached hydrogen (secondary N) is 3. The number of nitro groups is 1. The third kappa shape index (κ3) is 5.45. The summed E-state index contributed by atoms with van der Waals surface area (Å²) in [7, 11) is 0. The molecule has 0 atom stereocenters. The van der Waals surface area contributed by atoms with E-state index in [1.54, 1.807) is 12.1 Å². The average Bonchev–Trinajstić information content (AvgIpc) is 2.72. The number of hydrogen-bond donors (Lipinski definition) is 3. The van der Waals surface area contributed by atoms with Crippen LogP contribution in [0.2, 0.25) is 0 Å². The van der Waals surface area contributed by atoms with Crippen LogP contribution in [0.5, 0.6) is 0 Å². The predicted octanol–water partition coefficient (Wildman–Crippen LogP) is 4.67. The Morgan fingerprint density at radius 1 is 1.00 bits per heavy atom. The van der Waals surface area contributed by atoms with Gasteiger partial charge in [0.15, 0.2) is 0 Å². The van der Waals surface area contributed by atoms with Gasteiger partial charge in [-0.3, -0.25) is 25.8 Å². The molecular weight excluding hydrogens is 485 g/mol. The fraction of sp³-hybridized carbons (Fsp3) is 0.0556. The maximum Gasteiger partial charge on any atom is 0.416 e. The fourth-order valence-corrected chi connectivity index (χ4v) is 2.67. The summed E-state index contributed by atoms with van der Waals surface area (Å²) in [4.78, 5) is 30.5. The highest BCUT2D eigenvalue weighted by Crippen LogP contribution is 2.33. The van der Waals surface area contributed by atoms with Crippen molar-refractivity contribution >= 4 is 44.8 Å². The van der Waals surface area contributed by atoms with Gasteiger partial charge in [0.1, 0.15) is 6.33 Å². The zero-order valence-corrected chi connectivity index (χ0v) is 16.9. The van der Waals surface area contributed by atoms with Crippen LogP contribution in [-0.2, 0) is 6.18 Å². The molecule has 0 fully saturated rings. The van der Waals surface area contributed by atoms with Crippen LogP contribution in [0.4, 0.5) is 36.2 Å². The third-order valence-electron chi connectivity index (χ3n) is 3.88. The molecule has 0 spiro atoms. The number of rotatable bonds is 6. The van der Waals surface area contributed by atoms with Crippen LogP contribution < -0.4 is 16.2 Å². The van der Waals surface area contributed by atoms with Crippen molar-refractivity contribution in [2.24, 2.45) is 0 Å². The second-order valence-corrected chi connectivity index (χ2v) is 6.88. The van der Waals surface area contributed by atoms with Gasteiger partial charge in [-0.15, -0.1) is 0 Å².